The molecule has 1 aromatic heterocycles. The Bertz CT molecular complexity index is 914. The fourth-order valence-corrected chi connectivity index (χ4v) is 2.94. The third-order valence-electron chi connectivity index (χ3n) is 3.53. The van der Waals surface area contributed by atoms with E-state index < -0.39 is 0 Å². The van der Waals surface area contributed by atoms with Crippen LogP contribution in [0.15, 0.2) is 54.6 Å². The molecule has 0 saturated heterocycles. The van der Waals surface area contributed by atoms with Crippen molar-refractivity contribution in [2.45, 2.75) is 20.0 Å². The van der Waals surface area contributed by atoms with E-state index in [0.717, 1.165) is 16.5 Å². The van der Waals surface area contributed by atoms with Gasteiger partial charge < -0.3 is 9.72 Å². The van der Waals surface area contributed by atoms with Crippen molar-refractivity contribution in [3.63, 3.8) is 0 Å². The summed E-state index contributed by atoms with van der Waals surface area (Å²) < 4.78 is 6.00. The molecule has 0 bridgehead atoms. The van der Waals surface area contributed by atoms with Crippen LogP contribution in [0.3, 0.4) is 0 Å². The molecule has 0 atom stereocenters. The second kappa shape index (κ2) is 6.34. The van der Waals surface area contributed by atoms with Gasteiger partial charge in [0, 0.05) is 16.5 Å². The number of esters is 1. The number of benzene rings is 2. The highest BCUT2D eigenvalue weighted by Gasteiger charge is 2.20. The van der Waals surface area contributed by atoms with E-state index in [0.29, 0.717) is 15.8 Å². The van der Waals surface area contributed by atoms with Crippen LogP contribution in [0, 0.1) is 4.64 Å². The number of carbonyl (C=O) groups is 1. The zero-order valence-corrected chi connectivity index (χ0v) is 13.8. The maximum Gasteiger partial charge on any atom is 0.339 e. The summed E-state index contributed by atoms with van der Waals surface area (Å²) in [5, 5.41) is 0.811. The Morgan fingerprint density at radius 2 is 1.70 bits per heavy atom. The fraction of sp³-hybridized carbons (Fsp3) is 0.158. The van der Waals surface area contributed by atoms with Crippen molar-refractivity contribution < 1.29 is 9.53 Å². The average Bonchev–Trinajstić information content (AvgIpc) is 2.53. The highest BCUT2D eigenvalue weighted by molar-refractivity contribution is 7.71. The number of pyridine rings is 1. The van der Waals surface area contributed by atoms with Gasteiger partial charge in [-0.05, 0) is 25.5 Å². The molecule has 0 aliphatic heterocycles. The van der Waals surface area contributed by atoms with Crippen molar-refractivity contribution in [3.05, 3.63) is 64.8 Å². The minimum atomic E-state index is -0.352. The first-order valence-corrected chi connectivity index (χ1v) is 7.90. The number of H-pyrrole nitrogens is 1. The number of ether oxygens (including phenoxy) is 1. The third kappa shape index (κ3) is 3.03. The number of carbonyl (C=O) groups excluding carboxylic acids is 1. The number of hydrogen-bond acceptors (Lipinski definition) is 3. The summed E-state index contributed by atoms with van der Waals surface area (Å²) in [5.41, 5.74) is 2.96. The van der Waals surface area contributed by atoms with Crippen molar-refractivity contribution >= 4 is 29.1 Å². The zero-order chi connectivity index (χ0) is 16.4. The minimum Gasteiger partial charge on any atom is -0.459 e. The topological polar surface area (TPSA) is 42.1 Å². The van der Waals surface area contributed by atoms with Gasteiger partial charge in [0.2, 0.25) is 0 Å². The van der Waals surface area contributed by atoms with Crippen molar-refractivity contribution in [1.82, 2.24) is 4.98 Å². The second-order valence-electron chi connectivity index (χ2n) is 5.57. The number of rotatable bonds is 3. The summed E-state index contributed by atoms with van der Waals surface area (Å²) in [7, 11) is 0. The standard InChI is InChI=1S/C19H17NO2S/c1-12(2)22-19(21)17-14-10-6-7-11-15(14)20-18(23)16(17)13-8-4-3-5-9-13/h3-12H,1-2H3,(H,20,23). The first-order valence-electron chi connectivity index (χ1n) is 7.49. The van der Waals surface area contributed by atoms with Crippen LogP contribution in [0.2, 0.25) is 0 Å². The van der Waals surface area contributed by atoms with E-state index in [1.165, 1.54) is 0 Å². The van der Waals surface area contributed by atoms with Gasteiger partial charge in [-0.25, -0.2) is 4.79 Å². The van der Waals surface area contributed by atoms with E-state index in [1.807, 2.05) is 68.4 Å². The molecule has 0 radical (unpaired) electrons. The maximum atomic E-state index is 12.7. The highest BCUT2D eigenvalue weighted by atomic mass is 32.1. The number of aromatic amines is 1. The van der Waals surface area contributed by atoms with Gasteiger partial charge in [-0.3, -0.25) is 0 Å². The molecule has 116 valence electrons. The van der Waals surface area contributed by atoms with Crippen molar-refractivity contribution in [1.29, 1.82) is 0 Å². The molecule has 1 heterocycles. The van der Waals surface area contributed by atoms with Crippen molar-refractivity contribution in [2.24, 2.45) is 0 Å². The summed E-state index contributed by atoms with van der Waals surface area (Å²) in [6, 6.07) is 17.3. The van der Waals surface area contributed by atoms with Crippen LogP contribution in [0.1, 0.15) is 24.2 Å². The SMILES string of the molecule is CC(C)OC(=O)c1c(-c2ccccc2)c(=S)[nH]c2ccccc12. The molecule has 0 spiro atoms. The van der Waals surface area contributed by atoms with Crippen LogP contribution in [-0.4, -0.2) is 17.1 Å². The average molecular weight is 323 g/mol. The molecule has 0 amide bonds. The molecule has 0 aliphatic carbocycles. The van der Waals surface area contributed by atoms with Crippen LogP contribution in [0.5, 0.6) is 0 Å². The Labute approximate surface area is 139 Å². The molecule has 2 aromatic carbocycles. The first-order chi connectivity index (χ1) is 11.1. The predicted octanol–water partition coefficient (Wildman–Crippen LogP) is 5.13. The zero-order valence-electron chi connectivity index (χ0n) is 13.0. The predicted molar refractivity (Wildman–Crippen MR) is 95.1 cm³/mol. The van der Waals surface area contributed by atoms with Crippen LogP contribution in [-0.2, 0) is 4.74 Å². The third-order valence-corrected chi connectivity index (χ3v) is 3.84. The summed E-state index contributed by atoms with van der Waals surface area (Å²) in [6.45, 7) is 3.68. The van der Waals surface area contributed by atoms with E-state index in [4.69, 9.17) is 17.0 Å². The van der Waals surface area contributed by atoms with Gasteiger partial charge in [0.15, 0.2) is 0 Å². The van der Waals surface area contributed by atoms with E-state index >= 15 is 0 Å². The quantitative estimate of drug-likeness (QED) is 0.537. The molecule has 4 heteroatoms. The number of hydrogen-bond donors (Lipinski definition) is 1. The normalized spacial score (nSPS) is 10.9. The molecule has 3 rings (SSSR count). The number of aromatic nitrogens is 1. The van der Waals surface area contributed by atoms with E-state index in [1.54, 1.807) is 0 Å². The van der Waals surface area contributed by atoms with E-state index in [9.17, 15) is 4.79 Å². The van der Waals surface area contributed by atoms with E-state index in [2.05, 4.69) is 4.98 Å². The number of para-hydroxylation sites is 1. The van der Waals surface area contributed by atoms with Gasteiger partial charge >= 0.3 is 5.97 Å². The lowest BCUT2D eigenvalue weighted by molar-refractivity contribution is 0.0381. The van der Waals surface area contributed by atoms with Crippen LogP contribution in [0.4, 0.5) is 0 Å². The summed E-state index contributed by atoms with van der Waals surface area (Å²) >= 11 is 5.52. The molecular weight excluding hydrogens is 306 g/mol. The Morgan fingerprint density at radius 1 is 1.04 bits per heavy atom. The first kappa shape index (κ1) is 15.4. The smallest absolute Gasteiger partial charge is 0.339 e. The molecule has 0 aliphatic rings. The molecule has 0 unspecified atom stereocenters. The molecule has 0 saturated carbocycles. The molecule has 0 fully saturated rings. The summed E-state index contributed by atoms with van der Waals surface area (Å²) in [5.74, 6) is -0.352. The van der Waals surface area contributed by atoms with Gasteiger partial charge in [-0.1, -0.05) is 60.7 Å². The van der Waals surface area contributed by atoms with Gasteiger partial charge in [0.05, 0.1) is 11.7 Å². The lowest BCUT2D eigenvalue weighted by Crippen LogP contribution is -2.14. The number of fused-ring (bicyclic) bond motifs is 1. The second-order valence-corrected chi connectivity index (χ2v) is 5.98. The Morgan fingerprint density at radius 3 is 2.39 bits per heavy atom. The largest absolute Gasteiger partial charge is 0.459 e. The molecule has 23 heavy (non-hydrogen) atoms. The minimum absolute atomic E-state index is 0.192. The van der Waals surface area contributed by atoms with Gasteiger partial charge in [-0.2, -0.15) is 0 Å². The fourth-order valence-electron chi connectivity index (χ4n) is 2.61. The maximum absolute atomic E-state index is 12.7. The molecule has 1 N–H and O–H groups in total. The number of nitrogens with one attached hydrogen (secondary N) is 1. The van der Waals surface area contributed by atoms with Crippen LogP contribution in [0.25, 0.3) is 22.0 Å². The van der Waals surface area contributed by atoms with Crippen LogP contribution < -0.4 is 0 Å². The van der Waals surface area contributed by atoms with Crippen LogP contribution >= 0.6 is 12.2 Å². The van der Waals surface area contributed by atoms with Gasteiger partial charge in [0.1, 0.15) is 4.64 Å². The summed E-state index contributed by atoms with van der Waals surface area (Å²) in [4.78, 5) is 15.9. The molecule has 3 nitrogen and oxygen atoms in total. The van der Waals surface area contributed by atoms with Gasteiger partial charge in [-0.15, -0.1) is 0 Å². The van der Waals surface area contributed by atoms with Crippen molar-refractivity contribution in [3.8, 4) is 11.1 Å². The molecular formula is C19H17NO2S. The Kier molecular flexibility index (Phi) is 4.26. The van der Waals surface area contributed by atoms with Gasteiger partial charge in [0.25, 0.3) is 0 Å². The summed E-state index contributed by atoms with van der Waals surface area (Å²) in [6.07, 6.45) is -0.192. The molecule has 3 aromatic rings. The lowest BCUT2D eigenvalue weighted by Gasteiger charge is -2.15. The Hall–Kier alpha value is -2.46. The monoisotopic (exact) mass is 323 g/mol. The Balaban J connectivity index is 2.36. The highest BCUT2D eigenvalue weighted by Crippen LogP contribution is 2.31. The lowest BCUT2D eigenvalue weighted by atomic mass is 9.98. The van der Waals surface area contributed by atoms with Crippen molar-refractivity contribution in [2.75, 3.05) is 0 Å². The van der Waals surface area contributed by atoms with E-state index in [-0.39, 0.29) is 12.1 Å².